The fourth-order valence-electron chi connectivity index (χ4n) is 3.52. The topological polar surface area (TPSA) is 45.4 Å². The van der Waals surface area contributed by atoms with Crippen LogP contribution in [-0.2, 0) is 0 Å². The Kier molecular flexibility index (Phi) is 3.91. The third-order valence-electron chi connectivity index (χ3n) is 4.49. The lowest BCUT2D eigenvalue weighted by Crippen LogP contribution is -2.52. The highest BCUT2D eigenvalue weighted by Crippen LogP contribution is 2.40. The molecule has 106 valence electrons. The number of nitrogens with zero attached hydrogens (tertiary/aromatic N) is 3. The summed E-state index contributed by atoms with van der Waals surface area (Å²) in [5.41, 5.74) is 5.96. The van der Waals surface area contributed by atoms with Crippen LogP contribution in [0.15, 0.2) is 4.90 Å². The molecule has 0 radical (unpaired) electrons. The normalized spacial score (nSPS) is 28.4. The summed E-state index contributed by atoms with van der Waals surface area (Å²) < 4.78 is 4.33. The predicted octanol–water partition coefficient (Wildman–Crippen LogP) is 2.37. The summed E-state index contributed by atoms with van der Waals surface area (Å²) in [7, 11) is 2.28. The minimum Gasteiger partial charge on any atom is -0.382 e. The van der Waals surface area contributed by atoms with E-state index in [0.29, 0.717) is 5.82 Å². The van der Waals surface area contributed by atoms with Crippen LogP contribution in [0.3, 0.4) is 0 Å². The van der Waals surface area contributed by atoms with Gasteiger partial charge < -0.3 is 15.5 Å². The first-order valence-corrected chi connectivity index (χ1v) is 8.95. The van der Waals surface area contributed by atoms with E-state index in [1.165, 1.54) is 42.2 Å². The van der Waals surface area contributed by atoms with Crippen molar-refractivity contribution >= 4 is 34.1 Å². The minimum absolute atomic E-state index is 0.704. The molecule has 4 nitrogen and oxygen atoms in total. The monoisotopic (exact) mass is 298 g/mol. The van der Waals surface area contributed by atoms with Crippen LogP contribution in [0.1, 0.15) is 19.3 Å². The largest absolute Gasteiger partial charge is 0.382 e. The van der Waals surface area contributed by atoms with E-state index in [4.69, 9.17) is 5.73 Å². The summed E-state index contributed by atoms with van der Waals surface area (Å²) in [5, 5.41) is 1.29. The number of likely N-dealkylation sites (tertiary alicyclic amines) is 1. The van der Waals surface area contributed by atoms with E-state index < -0.39 is 0 Å². The maximum absolute atomic E-state index is 5.96. The lowest BCUT2D eigenvalue weighted by Gasteiger charge is -2.46. The van der Waals surface area contributed by atoms with Crippen molar-refractivity contribution in [1.82, 2.24) is 9.27 Å². The van der Waals surface area contributed by atoms with Gasteiger partial charge in [0.25, 0.3) is 0 Å². The molecule has 0 amide bonds. The Bertz CT molecular complexity index is 448. The molecular weight excluding hydrogens is 276 g/mol. The molecule has 3 rings (SSSR count). The molecule has 2 N–H and O–H groups in total. The highest BCUT2D eigenvalue weighted by Gasteiger charge is 2.35. The fraction of sp³-hybridized carbons (Fsp3) is 0.769. The summed E-state index contributed by atoms with van der Waals surface area (Å²) in [4.78, 5) is 6.25. The van der Waals surface area contributed by atoms with Gasteiger partial charge in [0, 0.05) is 19.1 Å². The zero-order valence-electron chi connectivity index (χ0n) is 11.6. The van der Waals surface area contributed by atoms with Crippen molar-refractivity contribution < 1.29 is 0 Å². The zero-order chi connectivity index (χ0) is 13.4. The molecule has 0 spiro atoms. The van der Waals surface area contributed by atoms with E-state index in [0.717, 1.165) is 18.5 Å². The van der Waals surface area contributed by atoms with E-state index in [1.54, 1.807) is 23.3 Å². The van der Waals surface area contributed by atoms with Crippen LogP contribution in [0, 0.1) is 5.92 Å². The van der Waals surface area contributed by atoms with Gasteiger partial charge in [-0.1, -0.05) is 0 Å². The molecule has 0 aromatic carbocycles. The van der Waals surface area contributed by atoms with Gasteiger partial charge in [-0.15, -0.1) is 11.8 Å². The van der Waals surface area contributed by atoms with Crippen LogP contribution >= 0.6 is 23.3 Å². The van der Waals surface area contributed by atoms with Crippen LogP contribution < -0.4 is 10.6 Å². The smallest absolute Gasteiger partial charge is 0.153 e. The third-order valence-corrected chi connectivity index (χ3v) is 6.36. The number of fused-ring (bicyclic) bond motifs is 1. The quantitative estimate of drug-likeness (QED) is 0.849. The van der Waals surface area contributed by atoms with E-state index in [1.807, 2.05) is 0 Å². The average molecular weight is 298 g/mol. The second-order valence-electron chi connectivity index (χ2n) is 5.59. The number of thioether (sulfide) groups is 1. The van der Waals surface area contributed by atoms with Crippen LogP contribution in [0.4, 0.5) is 10.8 Å². The molecule has 0 bridgehead atoms. The highest BCUT2D eigenvalue weighted by molar-refractivity contribution is 7.99. The lowest BCUT2D eigenvalue weighted by atomic mass is 9.84. The van der Waals surface area contributed by atoms with Crippen LogP contribution in [-0.4, -0.2) is 48.3 Å². The third kappa shape index (κ3) is 2.45. The van der Waals surface area contributed by atoms with Gasteiger partial charge in [-0.2, -0.15) is 4.37 Å². The standard InChI is InChI=1S/C13H22N4S2/c1-16-6-3-4-9-8-17(7-5-10(9)16)13-11(18-2)12(14)15-19-13/h9-10H,3-8H2,1-2H3,(H2,14,15). The number of nitrogen functional groups attached to an aromatic ring is 1. The average Bonchev–Trinajstić information content (AvgIpc) is 2.79. The molecule has 2 unspecified atom stereocenters. The number of nitrogens with two attached hydrogens (primary N) is 1. The zero-order valence-corrected chi connectivity index (χ0v) is 13.3. The molecule has 2 saturated heterocycles. The Labute approximate surface area is 123 Å². The number of piperidine rings is 2. The van der Waals surface area contributed by atoms with Gasteiger partial charge in [0.05, 0.1) is 4.90 Å². The molecule has 6 heteroatoms. The van der Waals surface area contributed by atoms with Gasteiger partial charge >= 0.3 is 0 Å². The van der Waals surface area contributed by atoms with Crippen molar-refractivity contribution in [3.8, 4) is 0 Å². The Morgan fingerprint density at radius 2 is 2.21 bits per heavy atom. The number of anilines is 2. The van der Waals surface area contributed by atoms with Crippen molar-refractivity contribution in [2.75, 3.05) is 43.6 Å². The fourth-order valence-corrected chi connectivity index (χ4v) is 5.24. The van der Waals surface area contributed by atoms with Crippen molar-refractivity contribution in [3.63, 3.8) is 0 Å². The van der Waals surface area contributed by atoms with E-state index in [-0.39, 0.29) is 0 Å². The number of hydrogen-bond donors (Lipinski definition) is 1. The summed E-state index contributed by atoms with van der Waals surface area (Å²) in [6.07, 6.45) is 6.07. The van der Waals surface area contributed by atoms with E-state index >= 15 is 0 Å². The summed E-state index contributed by atoms with van der Waals surface area (Å²) >= 11 is 3.29. The Morgan fingerprint density at radius 1 is 1.37 bits per heavy atom. The predicted molar refractivity (Wildman–Crippen MR) is 84.3 cm³/mol. The maximum atomic E-state index is 5.96. The first-order chi connectivity index (χ1) is 9.20. The first-order valence-electron chi connectivity index (χ1n) is 6.95. The molecular formula is C13H22N4S2. The highest BCUT2D eigenvalue weighted by atomic mass is 32.2. The van der Waals surface area contributed by atoms with Gasteiger partial charge in [-0.05, 0) is 56.6 Å². The van der Waals surface area contributed by atoms with Gasteiger partial charge in [0.2, 0.25) is 0 Å². The molecule has 0 saturated carbocycles. The first kappa shape index (κ1) is 13.5. The van der Waals surface area contributed by atoms with Crippen molar-refractivity contribution in [2.24, 2.45) is 5.92 Å². The molecule has 1 aromatic heterocycles. The summed E-state index contributed by atoms with van der Waals surface area (Å²) in [5.74, 6) is 1.51. The number of hydrogen-bond acceptors (Lipinski definition) is 6. The van der Waals surface area contributed by atoms with Crippen molar-refractivity contribution in [3.05, 3.63) is 0 Å². The summed E-state index contributed by atoms with van der Waals surface area (Å²) in [6.45, 7) is 3.58. The summed E-state index contributed by atoms with van der Waals surface area (Å²) in [6, 6.07) is 0.785. The van der Waals surface area contributed by atoms with E-state index in [9.17, 15) is 0 Å². The molecule has 1 aromatic rings. The Hall–Kier alpha value is -0.460. The SMILES string of the molecule is CSc1c(N)nsc1N1CCC2C(CCCN2C)C1. The van der Waals surface area contributed by atoms with Crippen molar-refractivity contribution in [2.45, 2.75) is 30.2 Å². The molecule has 2 aliphatic rings. The van der Waals surface area contributed by atoms with E-state index in [2.05, 4.69) is 27.5 Å². The number of aromatic nitrogens is 1. The maximum Gasteiger partial charge on any atom is 0.153 e. The van der Waals surface area contributed by atoms with Gasteiger partial charge in [-0.3, -0.25) is 0 Å². The van der Waals surface area contributed by atoms with Gasteiger partial charge in [0.1, 0.15) is 5.00 Å². The number of rotatable bonds is 2. The van der Waals surface area contributed by atoms with Crippen LogP contribution in [0.5, 0.6) is 0 Å². The van der Waals surface area contributed by atoms with Crippen molar-refractivity contribution in [1.29, 1.82) is 0 Å². The molecule has 2 fully saturated rings. The molecule has 0 aliphatic carbocycles. The molecule has 19 heavy (non-hydrogen) atoms. The Morgan fingerprint density at radius 3 is 3.00 bits per heavy atom. The molecule has 2 aliphatic heterocycles. The van der Waals surface area contributed by atoms with Crippen LogP contribution in [0.25, 0.3) is 0 Å². The van der Waals surface area contributed by atoms with Gasteiger partial charge in [-0.25, -0.2) is 0 Å². The second kappa shape index (κ2) is 5.50. The second-order valence-corrected chi connectivity index (χ2v) is 7.16. The van der Waals surface area contributed by atoms with Crippen LogP contribution in [0.2, 0.25) is 0 Å². The molecule has 3 heterocycles. The van der Waals surface area contributed by atoms with Gasteiger partial charge in [0.15, 0.2) is 5.82 Å². The lowest BCUT2D eigenvalue weighted by molar-refractivity contribution is 0.102. The molecule has 2 atom stereocenters. The Balaban J connectivity index is 1.77. The minimum atomic E-state index is 0.704.